The number of nitrogens with zero attached hydrogens (tertiary/aromatic N) is 2. The SMILES string of the molecule is CC(CS(=O)(=O)N1CCN(C)CC1)C(=O)NN. The first-order valence-corrected chi connectivity index (χ1v) is 7.14. The smallest absolute Gasteiger partial charge is 0.237 e. The van der Waals surface area contributed by atoms with Crippen LogP contribution in [0.5, 0.6) is 0 Å². The van der Waals surface area contributed by atoms with Gasteiger partial charge in [0, 0.05) is 26.2 Å². The molecule has 0 bridgehead atoms. The zero-order valence-corrected chi connectivity index (χ0v) is 11.0. The summed E-state index contributed by atoms with van der Waals surface area (Å²) in [5.41, 5.74) is 1.97. The van der Waals surface area contributed by atoms with Crippen LogP contribution in [-0.2, 0) is 14.8 Å². The van der Waals surface area contributed by atoms with Crippen LogP contribution in [0.2, 0.25) is 0 Å². The number of carbonyl (C=O) groups excluding carboxylic acids is 1. The number of rotatable bonds is 4. The monoisotopic (exact) mass is 264 g/mol. The molecule has 0 aromatic rings. The van der Waals surface area contributed by atoms with Crippen molar-refractivity contribution in [3.05, 3.63) is 0 Å². The Hall–Kier alpha value is -0.700. The molecule has 1 aliphatic rings. The van der Waals surface area contributed by atoms with Crippen molar-refractivity contribution in [3.63, 3.8) is 0 Å². The molecule has 1 fully saturated rings. The van der Waals surface area contributed by atoms with Gasteiger partial charge in [0.2, 0.25) is 15.9 Å². The Balaban J connectivity index is 2.59. The molecule has 7 nitrogen and oxygen atoms in total. The predicted molar refractivity (Wildman–Crippen MR) is 64.4 cm³/mol. The van der Waals surface area contributed by atoms with Gasteiger partial charge in [0.15, 0.2) is 0 Å². The Morgan fingerprint density at radius 3 is 2.35 bits per heavy atom. The van der Waals surface area contributed by atoms with Crippen molar-refractivity contribution in [2.24, 2.45) is 11.8 Å². The largest absolute Gasteiger partial charge is 0.304 e. The van der Waals surface area contributed by atoms with Crippen LogP contribution >= 0.6 is 0 Å². The minimum absolute atomic E-state index is 0.195. The van der Waals surface area contributed by atoms with Crippen LogP contribution in [-0.4, -0.2) is 62.5 Å². The molecule has 8 heteroatoms. The van der Waals surface area contributed by atoms with E-state index in [1.165, 1.54) is 4.31 Å². The first-order valence-electron chi connectivity index (χ1n) is 5.53. The second-order valence-electron chi connectivity index (χ2n) is 4.39. The van der Waals surface area contributed by atoms with Crippen molar-refractivity contribution in [2.75, 3.05) is 39.0 Å². The number of nitrogens with two attached hydrogens (primary N) is 1. The lowest BCUT2D eigenvalue weighted by atomic mass is 10.2. The van der Waals surface area contributed by atoms with Crippen LogP contribution in [0, 0.1) is 5.92 Å². The Bertz CT molecular complexity index is 362. The minimum Gasteiger partial charge on any atom is -0.304 e. The van der Waals surface area contributed by atoms with Gasteiger partial charge in [-0.1, -0.05) is 6.92 Å². The number of carbonyl (C=O) groups is 1. The lowest BCUT2D eigenvalue weighted by Gasteiger charge is -2.32. The number of likely N-dealkylation sites (N-methyl/N-ethyl adjacent to an activating group) is 1. The van der Waals surface area contributed by atoms with Gasteiger partial charge < -0.3 is 4.90 Å². The van der Waals surface area contributed by atoms with Crippen LogP contribution in [0.1, 0.15) is 6.92 Å². The summed E-state index contributed by atoms with van der Waals surface area (Å²) >= 11 is 0. The van der Waals surface area contributed by atoms with E-state index in [4.69, 9.17) is 5.84 Å². The zero-order valence-electron chi connectivity index (χ0n) is 10.2. The van der Waals surface area contributed by atoms with Gasteiger partial charge in [-0.3, -0.25) is 10.2 Å². The van der Waals surface area contributed by atoms with Crippen molar-refractivity contribution in [1.82, 2.24) is 14.6 Å². The molecule has 100 valence electrons. The molecule has 1 saturated heterocycles. The maximum Gasteiger partial charge on any atom is 0.237 e. The first kappa shape index (κ1) is 14.4. The van der Waals surface area contributed by atoms with Gasteiger partial charge in [0.05, 0.1) is 11.7 Å². The predicted octanol–water partition coefficient (Wildman–Crippen LogP) is -1.81. The maximum atomic E-state index is 12.0. The summed E-state index contributed by atoms with van der Waals surface area (Å²) in [6.07, 6.45) is 0. The molecule has 1 rings (SSSR count). The summed E-state index contributed by atoms with van der Waals surface area (Å²) in [5.74, 6) is 3.69. The first-order chi connectivity index (χ1) is 7.86. The Morgan fingerprint density at radius 2 is 1.88 bits per heavy atom. The number of amides is 1. The molecule has 17 heavy (non-hydrogen) atoms. The molecule has 3 N–H and O–H groups in total. The quantitative estimate of drug-likeness (QED) is 0.354. The van der Waals surface area contributed by atoms with E-state index in [1.807, 2.05) is 12.5 Å². The van der Waals surface area contributed by atoms with E-state index in [2.05, 4.69) is 4.90 Å². The third-order valence-corrected chi connectivity index (χ3v) is 4.98. The highest BCUT2D eigenvalue weighted by atomic mass is 32.2. The molecular weight excluding hydrogens is 244 g/mol. The summed E-state index contributed by atoms with van der Waals surface area (Å²) in [5, 5.41) is 0. The molecule has 1 unspecified atom stereocenters. The Labute approximate surface area is 102 Å². The highest BCUT2D eigenvalue weighted by Gasteiger charge is 2.29. The van der Waals surface area contributed by atoms with E-state index in [9.17, 15) is 13.2 Å². The highest BCUT2D eigenvalue weighted by Crippen LogP contribution is 2.10. The molecule has 0 aromatic carbocycles. The van der Waals surface area contributed by atoms with Gasteiger partial charge in [0.25, 0.3) is 0 Å². The molecule has 0 saturated carbocycles. The molecule has 0 aromatic heterocycles. The topological polar surface area (TPSA) is 95.7 Å². The third kappa shape index (κ3) is 3.91. The summed E-state index contributed by atoms with van der Waals surface area (Å²) in [6.45, 7) is 3.95. The highest BCUT2D eigenvalue weighted by molar-refractivity contribution is 7.89. The number of hydrogen-bond acceptors (Lipinski definition) is 5. The molecule has 0 spiro atoms. The minimum atomic E-state index is -3.37. The maximum absolute atomic E-state index is 12.0. The molecular formula is C9H20N4O3S. The van der Waals surface area contributed by atoms with E-state index in [0.29, 0.717) is 13.1 Å². The Kier molecular flexibility index (Phi) is 4.87. The lowest BCUT2D eigenvalue weighted by Crippen LogP contribution is -2.49. The molecule has 0 aliphatic carbocycles. The van der Waals surface area contributed by atoms with Crippen LogP contribution in [0.25, 0.3) is 0 Å². The Morgan fingerprint density at radius 1 is 1.35 bits per heavy atom. The summed E-state index contributed by atoms with van der Waals surface area (Å²) in [6, 6.07) is 0. The van der Waals surface area contributed by atoms with E-state index in [1.54, 1.807) is 6.92 Å². The fraction of sp³-hybridized carbons (Fsp3) is 0.889. The molecule has 0 radical (unpaired) electrons. The van der Waals surface area contributed by atoms with E-state index in [-0.39, 0.29) is 5.75 Å². The molecule has 1 aliphatic heterocycles. The van der Waals surface area contributed by atoms with Crippen LogP contribution in [0.4, 0.5) is 0 Å². The number of sulfonamides is 1. The molecule has 1 amide bonds. The summed E-state index contributed by atoms with van der Waals surface area (Å²) in [4.78, 5) is 13.3. The van der Waals surface area contributed by atoms with Crippen molar-refractivity contribution in [2.45, 2.75) is 6.92 Å². The van der Waals surface area contributed by atoms with Crippen LogP contribution < -0.4 is 11.3 Å². The van der Waals surface area contributed by atoms with Gasteiger partial charge in [-0.25, -0.2) is 14.3 Å². The molecule has 1 heterocycles. The zero-order chi connectivity index (χ0) is 13.1. The summed E-state index contributed by atoms with van der Waals surface area (Å²) in [7, 11) is -1.42. The van der Waals surface area contributed by atoms with Crippen LogP contribution in [0.3, 0.4) is 0 Å². The average molecular weight is 264 g/mol. The van der Waals surface area contributed by atoms with Gasteiger partial charge in [0.1, 0.15) is 0 Å². The van der Waals surface area contributed by atoms with Crippen molar-refractivity contribution < 1.29 is 13.2 Å². The molecule has 1 atom stereocenters. The van der Waals surface area contributed by atoms with Crippen molar-refractivity contribution >= 4 is 15.9 Å². The second-order valence-corrected chi connectivity index (χ2v) is 6.40. The lowest BCUT2D eigenvalue weighted by molar-refractivity contribution is -0.123. The van der Waals surface area contributed by atoms with E-state index >= 15 is 0 Å². The summed E-state index contributed by atoms with van der Waals surface area (Å²) < 4.78 is 25.5. The average Bonchev–Trinajstić information content (AvgIpc) is 2.27. The fourth-order valence-electron chi connectivity index (χ4n) is 1.71. The normalized spacial score (nSPS) is 21.1. The van der Waals surface area contributed by atoms with Gasteiger partial charge in [-0.05, 0) is 7.05 Å². The third-order valence-electron chi connectivity index (χ3n) is 2.91. The second kappa shape index (κ2) is 5.76. The number of hydrogen-bond donors (Lipinski definition) is 2. The van der Waals surface area contributed by atoms with E-state index < -0.39 is 21.8 Å². The van der Waals surface area contributed by atoms with Crippen molar-refractivity contribution in [3.8, 4) is 0 Å². The van der Waals surface area contributed by atoms with Gasteiger partial charge in [-0.2, -0.15) is 4.31 Å². The number of nitrogens with one attached hydrogen (secondary N) is 1. The van der Waals surface area contributed by atoms with Gasteiger partial charge >= 0.3 is 0 Å². The number of hydrazine groups is 1. The van der Waals surface area contributed by atoms with E-state index in [0.717, 1.165) is 13.1 Å². The fourth-order valence-corrected chi connectivity index (χ4v) is 3.42. The standard InChI is InChI=1S/C9H20N4O3S/c1-8(9(14)11-10)7-17(15,16)13-5-3-12(2)4-6-13/h8H,3-7,10H2,1-2H3,(H,11,14). The van der Waals surface area contributed by atoms with Gasteiger partial charge in [-0.15, -0.1) is 0 Å². The van der Waals surface area contributed by atoms with Crippen LogP contribution in [0.15, 0.2) is 0 Å². The number of piperazine rings is 1. The van der Waals surface area contributed by atoms with Crippen molar-refractivity contribution in [1.29, 1.82) is 0 Å².